The van der Waals surface area contributed by atoms with E-state index < -0.39 is 41.2 Å². The van der Waals surface area contributed by atoms with Gasteiger partial charge in [-0.25, -0.2) is 4.79 Å². The molecule has 18 heavy (non-hydrogen) atoms. The van der Waals surface area contributed by atoms with Crippen LogP contribution >= 0.6 is 0 Å². The number of carboxylic acids is 1. The summed E-state index contributed by atoms with van der Waals surface area (Å²) in [5.41, 5.74) is 3.58. The van der Waals surface area contributed by atoms with Crippen molar-refractivity contribution in [3.05, 3.63) is 11.1 Å². The molecule has 0 amide bonds. The smallest absolute Gasteiger partial charge is 0.423 e. The Morgan fingerprint density at radius 2 is 2.00 bits per heavy atom. The average molecular weight is 267 g/mol. The Hall–Kier alpha value is -1.57. The maximum atomic E-state index is 12.7. The summed E-state index contributed by atoms with van der Waals surface area (Å²) in [4.78, 5) is 21.9. The highest BCUT2D eigenvalue weighted by Gasteiger charge is 2.46. The number of rotatable bonds is 2. The zero-order valence-electron chi connectivity index (χ0n) is 9.45. The lowest BCUT2D eigenvalue weighted by atomic mass is 10.0. The van der Waals surface area contributed by atoms with Gasteiger partial charge in [0.05, 0.1) is 13.0 Å². The molecule has 1 aliphatic carbocycles. The van der Waals surface area contributed by atoms with Gasteiger partial charge in [0.1, 0.15) is 5.57 Å². The predicted octanol–water partition coefficient (Wildman–Crippen LogP) is 0.840. The summed E-state index contributed by atoms with van der Waals surface area (Å²) in [5, 5.41) is 8.75. The van der Waals surface area contributed by atoms with Crippen LogP contribution in [0.15, 0.2) is 11.1 Å². The van der Waals surface area contributed by atoms with E-state index in [0.717, 1.165) is 7.11 Å². The van der Waals surface area contributed by atoms with E-state index in [0.29, 0.717) is 0 Å². The SMILES string of the molecule is COC(=O)/C(=C1/C[C@H](C(=O)O)C[C@@H]1N)C(F)(F)F. The first-order chi connectivity index (χ1) is 8.18. The van der Waals surface area contributed by atoms with Crippen molar-refractivity contribution in [1.82, 2.24) is 0 Å². The van der Waals surface area contributed by atoms with Crippen molar-refractivity contribution in [3.8, 4) is 0 Å². The first kappa shape index (κ1) is 14.5. The minimum absolute atomic E-state index is 0.124. The summed E-state index contributed by atoms with van der Waals surface area (Å²) in [6, 6.07) is -1.10. The summed E-state index contributed by atoms with van der Waals surface area (Å²) < 4.78 is 42.3. The van der Waals surface area contributed by atoms with Gasteiger partial charge < -0.3 is 15.6 Å². The van der Waals surface area contributed by atoms with E-state index >= 15 is 0 Å². The Labute approximate surface area is 100 Å². The number of carbonyl (C=O) groups is 2. The maximum Gasteiger partial charge on any atom is 0.423 e. The summed E-state index contributed by atoms with van der Waals surface area (Å²) >= 11 is 0. The summed E-state index contributed by atoms with van der Waals surface area (Å²) in [5.74, 6) is -3.78. The van der Waals surface area contributed by atoms with E-state index in [1.54, 1.807) is 0 Å². The van der Waals surface area contributed by atoms with E-state index in [1.807, 2.05) is 0 Å². The van der Waals surface area contributed by atoms with Crippen molar-refractivity contribution < 1.29 is 32.6 Å². The van der Waals surface area contributed by atoms with E-state index in [2.05, 4.69) is 4.74 Å². The molecule has 0 aromatic heterocycles. The molecule has 0 aromatic rings. The molecule has 3 N–H and O–H groups in total. The topological polar surface area (TPSA) is 89.6 Å². The van der Waals surface area contributed by atoms with Gasteiger partial charge in [-0.05, 0) is 18.4 Å². The third kappa shape index (κ3) is 2.81. The van der Waals surface area contributed by atoms with Crippen LogP contribution in [0, 0.1) is 5.92 Å². The van der Waals surface area contributed by atoms with Crippen LogP contribution in [0.3, 0.4) is 0 Å². The van der Waals surface area contributed by atoms with Crippen LogP contribution in [0.25, 0.3) is 0 Å². The van der Waals surface area contributed by atoms with E-state index in [1.165, 1.54) is 0 Å². The molecule has 0 aromatic carbocycles. The second-order valence-corrected chi connectivity index (χ2v) is 3.97. The van der Waals surface area contributed by atoms with Crippen LogP contribution in [-0.4, -0.2) is 36.4 Å². The number of methoxy groups -OCH3 is 1. The number of hydrogen-bond donors (Lipinski definition) is 2. The van der Waals surface area contributed by atoms with Gasteiger partial charge in [0.2, 0.25) is 0 Å². The number of carbonyl (C=O) groups excluding carboxylic acids is 1. The fourth-order valence-corrected chi connectivity index (χ4v) is 1.96. The third-order valence-electron chi connectivity index (χ3n) is 2.80. The molecular weight excluding hydrogens is 255 g/mol. The van der Waals surface area contributed by atoms with Crippen molar-refractivity contribution in [2.45, 2.75) is 25.1 Å². The lowest BCUT2D eigenvalue weighted by Gasteiger charge is -2.15. The Morgan fingerprint density at radius 3 is 2.33 bits per heavy atom. The molecule has 0 unspecified atom stereocenters. The van der Waals surface area contributed by atoms with Crippen LogP contribution in [-0.2, 0) is 14.3 Å². The van der Waals surface area contributed by atoms with Gasteiger partial charge in [0, 0.05) is 6.04 Å². The second-order valence-electron chi connectivity index (χ2n) is 3.97. The molecule has 2 atom stereocenters. The quantitative estimate of drug-likeness (QED) is 0.571. The van der Waals surface area contributed by atoms with Gasteiger partial charge in [-0.15, -0.1) is 0 Å². The van der Waals surface area contributed by atoms with Gasteiger partial charge in [-0.2, -0.15) is 13.2 Å². The molecule has 1 rings (SSSR count). The fourth-order valence-electron chi connectivity index (χ4n) is 1.96. The van der Waals surface area contributed by atoms with Crippen LogP contribution in [0.4, 0.5) is 13.2 Å². The number of hydrogen-bond acceptors (Lipinski definition) is 4. The number of aliphatic carboxylic acids is 1. The highest BCUT2D eigenvalue weighted by Crippen LogP contribution is 2.38. The summed E-state index contributed by atoms with van der Waals surface area (Å²) in [6.45, 7) is 0. The standard InChI is InChI=1S/C10H12F3NO4/c1-18-9(17)7(10(11,12)13)5-2-4(8(15)16)3-6(5)14/h4,6H,2-3,14H2,1H3,(H,15,16)/b7-5+/t4-,6-/m0/s1. The lowest BCUT2D eigenvalue weighted by Crippen LogP contribution is -2.28. The van der Waals surface area contributed by atoms with E-state index in [9.17, 15) is 22.8 Å². The highest BCUT2D eigenvalue weighted by molar-refractivity contribution is 5.91. The average Bonchev–Trinajstić information content (AvgIpc) is 2.59. The van der Waals surface area contributed by atoms with E-state index in [4.69, 9.17) is 10.8 Å². The molecule has 1 aliphatic rings. The van der Waals surface area contributed by atoms with Crippen molar-refractivity contribution in [1.29, 1.82) is 0 Å². The van der Waals surface area contributed by atoms with Gasteiger partial charge in [-0.1, -0.05) is 0 Å². The van der Waals surface area contributed by atoms with Crippen molar-refractivity contribution in [2.75, 3.05) is 7.11 Å². The minimum Gasteiger partial charge on any atom is -0.481 e. The molecule has 1 fully saturated rings. The maximum absolute atomic E-state index is 12.7. The van der Waals surface area contributed by atoms with Crippen molar-refractivity contribution in [3.63, 3.8) is 0 Å². The van der Waals surface area contributed by atoms with E-state index in [-0.39, 0.29) is 12.8 Å². The molecule has 0 heterocycles. The molecule has 0 radical (unpaired) electrons. The number of esters is 1. The van der Waals surface area contributed by atoms with Gasteiger partial charge in [0.25, 0.3) is 0 Å². The molecule has 0 spiro atoms. The Bertz CT molecular complexity index is 402. The molecule has 102 valence electrons. The summed E-state index contributed by atoms with van der Waals surface area (Å²) in [6.07, 6.45) is -5.42. The van der Waals surface area contributed by atoms with Crippen LogP contribution in [0.5, 0.6) is 0 Å². The molecule has 0 bridgehead atoms. The third-order valence-corrected chi connectivity index (χ3v) is 2.80. The molecule has 5 nitrogen and oxygen atoms in total. The highest BCUT2D eigenvalue weighted by atomic mass is 19.4. The number of nitrogens with two attached hydrogens (primary N) is 1. The zero-order valence-corrected chi connectivity index (χ0v) is 9.45. The van der Waals surface area contributed by atoms with Crippen molar-refractivity contribution in [2.24, 2.45) is 11.7 Å². The van der Waals surface area contributed by atoms with Gasteiger partial charge >= 0.3 is 18.1 Å². The molecule has 0 saturated heterocycles. The largest absolute Gasteiger partial charge is 0.481 e. The van der Waals surface area contributed by atoms with Gasteiger partial charge in [-0.3, -0.25) is 4.79 Å². The number of carboxylic acid groups (broad SMARTS) is 1. The second kappa shape index (κ2) is 4.97. The Morgan fingerprint density at radius 1 is 1.44 bits per heavy atom. The van der Waals surface area contributed by atoms with Gasteiger partial charge in [0.15, 0.2) is 0 Å². The number of ether oxygens (including phenoxy) is 1. The Balaban J connectivity index is 3.21. The number of alkyl halides is 3. The fraction of sp³-hybridized carbons (Fsp3) is 0.600. The first-order valence-corrected chi connectivity index (χ1v) is 5.05. The normalized spacial score (nSPS) is 26.9. The zero-order chi connectivity index (χ0) is 14.1. The number of halogens is 3. The first-order valence-electron chi connectivity index (χ1n) is 5.05. The van der Waals surface area contributed by atoms with Crippen LogP contribution in [0.1, 0.15) is 12.8 Å². The monoisotopic (exact) mass is 267 g/mol. The van der Waals surface area contributed by atoms with Crippen LogP contribution in [0.2, 0.25) is 0 Å². The van der Waals surface area contributed by atoms with Crippen molar-refractivity contribution >= 4 is 11.9 Å². The molecule has 8 heteroatoms. The predicted molar refractivity (Wildman–Crippen MR) is 53.4 cm³/mol. The molecule has 1 saturated carbocycles. The Kier molecular flexibility index (Phi) is 4.00. The summed E-state index contributed by atoms with van der Waals surface area (Å²) in [7, 11) is 0.823. The molecule has 0 aliphatic heterocycles. The van der Waals surface area contributed by atoms with Crippen LogP contribution < -0.4 is 5.73 Å². The molecular formula is C10H12F3NO4. The minimum atomic E-state index is -4.91. The lowest BCUT2D eigenvalue weighted by molar-refractivity contribution is -0.148.